The molecule has 0 saturated heterocycles. The number of benzene rings is 1. The van der Waals surface area contributed by atoms with Gasteiger partial charge in [0.25, 0.3) is 0 Å². The molecule has 2 N–H and O–H groups in total. The number of amides is 2. The SMILES string of the molecule is O=C(NCCCOCCc1ccccc1)NC1CCCC1. The highest BCUT2D eigenvalue weighted by molar-refractivity contribution is 5.74. The molecule has 1 aliphatic carbocycles. The van der Waals surface area contributed by atoms with Gasteiger partial charge >= 0.3 is 6.03 Å². The van der Waals surface area contributed by atoms with E-state index in [1.54, 1.807) is 0 Å². The van der Waals surface area contributed by atoms with E-state index < -0.39 is 0 Å². The number of nitrogens with one attached hydrogen (secondary N) is 2. The monoisotopic (exact) mass is 290 g/mol. The average molecular weight is 290 g/mol. The number of hydrogen-bond acceptors (Lipinski definition) is 2. The van der Waals surface area contributed by atoms with E-state index in [4.69, 9.17) is 4.74 Å². The highest BCUT2D eigenvalue weighted by Gasteiger charge is 2.16. The van der Waals surface area contributed by atoms with Gasteiger partial charge in [0, 0.05) is 19.2 Å². The van der Waals surface area contributed by atoms with Gasteiger partial charge in [0.05, 0.1) is 6.61 Å². The van der Waals surface area contributed by atoms with Crippen LogP contribution in [0.4, 0.5) is 4.79 Å². The minimum absolute atomic E-state index is 0.0359. The number of hydrogen-bond donors (Lipinski definition) is 2. The molecule has 0 aromatic heterocycles. The van der Waals surface area contributed by atoms with Gasteiger partial charge in [-0.2, -0.15) is 0 Å². The molecule has 116 valence electrons. The standard InChI is InChI=1S/C17H26N2O2/c20-17(19-16-9-4-5-10-16)18-12-6-13-21-14-11-15-7-2-1-3-8-15/h1-3,7-8,16H,4-6,9-14H2,(H2,18,19,20). The van der Waals surface area contributed by atoms with Gasteiger partial charge in [-0.15, -0.1) is 0 Å². The molecule has 1 aliphatic rings. The zero-order chi connectivity index (χ0) is 14.8. The van der Waals surface area contributed by atoms with Gasteiger partial charge in [0.2, 0.25) is 0 Å². The van der Waals surface area contributed by atoms with Crippen molar-refractivity contribution >= 4 is 6.03 Å². The maximum absolute atomic E-state index is 11.6. The molecule has 0 bridgehead atoms. The largest absolute Gasteiger partial charge is 0.381 e. The van der Waals surface area contributed by atoms with Crippen LogP contribution in [0.15, 0.2) is 30.3 Å². The zero-order valence-corrected chi connectivity index (χ0v) is 12.6. The van der Waals surface area contributed by atoms with E-state index in [2.05, 4.69) is 22.8 Å². The van der Waals surface area contributed by atoms with Crippen molar-refractivity contribution in [1.29, 1.82) is 0 Å². The highest BCUT2D eigenvalue weighted by Crippen LogP contribution is 2.17. The molecular weight excluding hydrogens is 264 g/mol. The Labute approximate surface area is 127 Å². The van der Waals surface area contributed by atoms with E-state index in [-0.39, 0.29) is 6.03 Å². The van der Waals surface area contributed by atoms with E-state index in [0.717, 1.165) is 32.3 Å². The lowest BCUT2D eigenvalue weighted by atomic mass is 10.2. The summed E-state index contributed by atoms with van der Waals surface area (Å²) in [7, 11) is 0. The molecule has 1 aromatic rings. The Morgan fingerprint density at radius 3 is 2.67 bits per heavy atom. The molecule has 0 aliphatic heterocycles. The molecule has 0 radical (unpaired) electrons. The minimum Gasteiger partial charge on any atom is -0.381 e. The summed E-state index contributed by atoms with van der Waals surface area (Å²) in [6.07, 6.45) is 6.51. The Hall–Kier alpha value is -1.55. The second-order valence-corrected chi connectivity index (χ2v) is 5.58. The summed E-state index contributed by atoms with van der Waals surface area (Å²) in [5.41, 5.74) is 1.30. The lowest BCUT2D eigenvalue weighted by molar-refractivity contribution is 0.135. The Kier molecular flexibility index (Phi) is 7.08. The van der Waals surface area contributed by atoms with Crippen molar-refractivity contribution in [3.63, 3.8) is 0 Å². The highest BCUT2D eigenvalue weighted by atomic mass is 16.5. The van der Waals surface area contributed by atoms with Crippen molar-refractivity contribution in [3.8, 4) is 0 Å². The first-order valence-corrected chi connectivity index (χ1v) is 8.00. The van der Waals surface area contributed by atoms with E-state index in [1.807, 2.05) is 18.2 Å². The topological polar surface area (TPSA) is 50.4 Å². The third-order valence-electron chi connectivity index (χ3n) is 3.82. The maximum atomic E-state index is 11.6. The fourth-order valence-electron chi connectivity index (χ4n) is 2.62. The first kappa shape index (κ1) is 15.8. The van der Waals surface area contributed by atoms with Crippen LogP contribution in [0.25, 0.3) is 0 Å². The Morgan fingerprint density at radius 1 is 1.14 bits per heavy atom. The van der Waals surface area contributed by atoms with Crippen LogP contribution in [0.2, 0.25) is 0 Å². The van der Waals surface area contributed by atoms with E-state index >= 15 is 0 Å². The van der Waals surface area contributed by atoms with Crippen molar-refractivity contribution in [2.24, 2.45) is 0 Å². The molecule has 0 atom stereocenters. The fraction of sp³-hybridized carbons (Fsp3) is 0.588. The average Bonchev–Trinajstić information content (AvgIpc) is 3.00. The van der Waals surface area contributed by atoms with Gasteiger partial charge in [-0.1, -0.05) is 43.2 Å². The first-order valence-electron chi connectivity index (χ1n) is 8.00. The van der Waals surface area contributed by atoms with Crippen molar-refractivity contribution in [2.75, 3.05) is 19.8 Å². The lowest BCUT2D eigenvalue weighted by Gasteiger charge is -2.12. The molecule has 4 heteroatoms. The number of rotatable bonds is 8. The van der Waals surface area contributed by atoms with Gasteiger partial charge in [-0.3, -0.25) is 0 Å². The van der Waals surface area contributed by atoms with Crippen molar-refractivity contribution < 1.29 is 9.53 Å². The smallest absolute Gasteiger partial charge is 0.315 e. The molecule has 2 rings (SSSR count). The summed E-state index contributed by atoms with van der Waals surface area (Å²) in [6.45, 7) is 2.10. The number of ether oxygens (including phenoxy) is 1. The summed E-state index contributed by atoms with van der Waals surface area (Å²) < 4.78 is 5.58. The molecule has 2 amide bonds. The van der Waals surface area contributed by atoms with Crippen LogP contribution in [0.1, 0.15) is 37.7 Å². The zero-order valence-electron chi connectivity index (χ0n) is 12.6. The molecule has 21 heavy (non-hydrogen) atoms. The normalized spacial score (nSPS) is 15.0. The second kappa shape index (κ2) is 9.40. The maximum Gasteiger partial charge on any atom is 0.315 e. The first-order chi connectivity index (χ1) is 10.3. The van der Waals surface area contributed by atoms with Crippen LogP contribution in [-0.2, 0) is 11.2 Å². The van der Waals surface area contributed by atoms with Gasteiger partial charge in [-0.25, -0.2) is 4.79 Å². The molecule has 0 unspecified atom stereocenters. The molecule has 1 aromatic carbocycles. The van der Waals surface area contributed by atoms with Crippen LogP contribution >= 0.6 is 0 Å². The predicted molar refractivity (Wildman–Crippen MR) is 84.4 cm³/mol. The van der Waals surface area contributed by atoms with Gasteiger partial charge < -0.3 is 15.4 Å². The number of carbonyl (C=O) groups excluding carboxylic acids is 1. The van der Waals surface area contributed by atoms with Gasteiger partial charge in [-0.05, 0) is 31.2 Å². The Morgan fingerprint density at radius 2 is 1.90 bits per heavy atom. The summed E-state index contributed by atoms with van der Waals surface area (Å²) in [6, 6.07) is 10.7. The molecule has 1 saturated carbocycles. The molecule has 4 nitrogen and oxygen atoms in total. The molecular formula is C17H26N2O2. The lowest BCUT2D eigenvalue weighted by Crippen LogP contribution is -2.41. The third kappa shape index (κ3) is 6.63. The second-order valence-electron chi connectivity index (χ2n) is 5.58. The fourth-order valence-corrected chi connectivity index (χ4v) is 2.62. The van der Waals surface area contributed by atoms with Crippen molar-refractivity contribution in [3.05, 3.63) is 35.9 Å². The summed E-state index contributed by atoms with van der Waals surface area (Å²) in [4.78, 5) is 11.6. The van der Waals surface area contributed by atoms with E-state index in [1.165, 1.54) is 18.4 Å². The van der Waals surface area contributed by atoms with Gasteiger partial charge in [0.1, 0.15) is 0 Å². The summed E-state index contributed by atoms with van der Waals surface area (Å²) in [5, 5.41) is 5.90. The molecule has 0 spiro atoms. The van der Waals surface area contributed by atoms with Crippen LogP contribution in [0.5, 0.6) is 0 Å². The Bertz CT molecular complexity index is 403. The summed E-state index contributed by atoms with van der Waals surface area (Å²) in [5.74, 6) is 0. The summed E-state index contributed by atoms with van der Waals surface area (Å²) >= 11 is 0. The Balaban J connectivity index is 1.42. The van der Waals surface area contributed by atoms with Gasteiger partial charge in [0.15, 0.2) is 0 Å². The van der Waals surface area contributed by atoms with Crippen LogP contribution in [0.3, 0.4) is 0 Å². The van der Waals surface area contributed by atoms with E-state index in [0.29, 0.717) is 19.2 Å². The van der Waals surface area contributed by atoms with Crippen molar-refractivity contribution in [1.82, 2.24) is 10.6 Å². The number of urea groups is 1. The van der Waals surface area contributed by atoms with Crippen molar-refractivity contribution in [2.45, 2.75) is 44.6 Å². The van der Waals surface area contributed by atoms with Crippen LogP contribution in [0, 0.1) is 0 Å². The quantitative estimate of drug-likeness (QED) is 0.723. The van der Waals surface area contributed by atoms with Crippen LogP contribution in [-0.4, -0.2) is 31.8 Å². The van der Waals surface area contributed by atoms with E-state index in [9.17, 15) is 4.79 Å². The number of carbonyl (C=O) groups is 1. The predicted octanol–water partition coefficient (Wildman–Crippen LogP) is 2.88. The molecule has 0 heterocycles. The van der Waals surface area contributed by atoms with Crippen LogP contribution < -0.4 is 10.6 Å². The minimum atomic E-state index is -0.0359. The molecule has 1 fully saturated rings. The third-order valence-corrected chi connectivity index (χ3v) is 3.82.